The van der Waals surface area contributed by atoms with Crippen LogP contribution in [0.3, 0.4) is 0 Å². The Bertz CT molecular complexity index is 859. The van der Waals surface area contributed by atoms with Crippen LogP contribution in [-0.2, 0) is 18.8 Å². The lowest BCUT2D eigenvalue weighted by molar-refractivity contribution is -0.131. The van der Waals surface area contributed by atoms with Crippen LogP contribution in [-0.4, -0.2) is 75.2 Å². The minimum atomic E-state index is -0.654. The van der Waals surface area contributed by atoms with Crippen molar-refractivity contribution in [3.63, 3.8) is 0 Å². The molecule has 1 N–H and O–H groups in total. The van der Waals surface area contributed by atoms with Crippen molar-refractivity contribution in [2.75, 3.05) is 13.1 Å². The second kappa shape index (κ2) is 9.42. The fourth-order valence-corrected chi connectivity index (χ4v) is 4.48. The molecule has 2 fully saturated rings. The summed E-state index contributed by atoms with van der Waals surface area (Å²) in [5, 5.41) is 3.45. The monoisotopic (exact) mass is 478 g/mol. The van der Waals surface area contributed by atoms with E-state index in [0.717, 1.165) is 11.9 Å². The van der Waals surface area contributed by atoms with Crippen LogP contribution in [0.5, 0.6) is 0 Å². The first-order valence-electron chi connectivity index (χ1n) is 11.3. The Morgan fingerprint density at radius 1 is 1.21 bits per heavy atom. The Morgan fingerprint density at radius 3 is 2.33 bits per heavy atom. The van der Waals surface area contributed by atoms with Gasteiger partial charge in [0, 0.05) is 36.2 Å². The molecule has 0 saturated carbocycles. The van der Waals surface area contributed by atoms with Crippen LogP contribution in [0.1, 0.15) is 61.8 Å². The van der Waals surface area contributed by atoms with Gasteiger partial charge in [-0.15, -0.1) is 0 Å². The molecule has 2 amide bonds. The molecule has 3 rings (SSSR count). The van der Waals surface area contributed by atoms with Gasteiger partial charge in [-0.05, 0) is 61.8 Å². The molecule has 3 heterocycles. The van der Waals surface area contributed by atoms with E-state index in [1.165, 1.54) is 0 Å². The summed E-state index contributed by atoms with van der Waals surface area (Å²) < 4.78 is 17.3. The van der Waals surface area contributed by atoms with Gasteiger partial charge >= 0.3 is 13.2 Å². The molecule has 33 heavy (non-hydrogen) atoms. The Kier molecular flexibility index (Phi) is 7.36. The molecule has 1 aromatic heterocycles. The number of nitrogens with one attached hydrogen (secondary N) is 1. The molecule has 2 atom stereocenters. The first-order valence-corrected chi connectivity index (χ1v) is 12.2. The fourth-order valence-electron chi connectivity index (χ4n) is 3.48. The van der Waals surface area contributed by atoms with Gasteiger partial charge in [0.25, 0.3) is 0 Å². The van der Waals surface area contributed by atoms with Gasteiger partial charge in [-0.2, -0.15) is 0 Å². The number of ether oxygens (including phenoxy) is 1. The second-order valence-corrected chi connectivity index (χ2v) is 11.8. The van der Waals surface area contributed by atoms with E-state index in [2.05, 4.69) is 15.3 Å². The zero-order valence-electron chi connectivity index (χ0n) is 20.8. The van der Waals surface area contributed by atoms with Crippen molar-refractivity contribution < 1.29 is 23.6 Å². The number of rotatable bonds is 5. The lowest BCUT2D eigenvalue weighted by Gasteiger charge is -2.32. The summed E-state index contributed by atoms with van der Waals surface area (Å²) in [6, 6.07) is -0.654. The normalized spacial score (nSPS) is 22.8. The van der Waals surface area contributed by atoms with E-state index in [0.29, 0.717) is 18.2 Å². The summed E-state index contributed by atoms with van der Waals surface area (Å²) in [6.45, 7) is 16.3. The highest BCUT2D eigenvalue weighted by atomic mass is 32.2. The van der Waals surface area contributed by atoms with Crippen LogP contribution < -0.4 is 10.8 Å². The average molecular weight is 478 g/mol. The molecular formula is C22H35BN4O5S. The molecule has 2 aliphatic heterocycles. The van der Waals surface area contributed by atoms with Crippen molar-refractivity contribution in [2.24, 2.45) is 0 Å². The zero-order chi connectivity index (χ0) is 24.6. The summed E-state index contributed by atoms with van der Waals surface area (Å²) in [5.74, 6) is -0.124. The number of nitrogens with zero attached hydrogens (tertiary/aromatic N) is 3. The largest absolute Gasteiger partial charge is 0.498 e. The minimum Gasteiger partial charge on any atom is -0.444 e. The molecule has 2 saturated heterocycles. The van der Waals surface area contributed by atoms with Crippen molar-refractivity contribution in [2.45, 2.75) is 95.1 Å². The Balaban J connectivity index is 1.50. The van der Waals surface area contributed by atoms with Crippen LogP contribution >= 0.6 is 11.8 Å². The maximum atomic E-state index is 12.7. The predicted octanol–water partition coefficient (Wildman–Crippen LogP) is 2.38. The van der Waals surface area contributed by atoms with Crippen LogP contribution in [0.2, 0.25) is 0 Å². The first-order chi connectivity index (χ1) is 15.2. The third kappa shape index (κ3) is 6.39. The maximum absolute atomic E-state index is 12.7. The number of thioether (sulfide) groups is 1. The molecule has 0 unspecified atom stereocenters. The number of hydrogen-bond acceptors (Lipinski definition) is 8. The molecule has 0 spiro atoms. The van der Waals surface area contributed by atoms with Gasteiger partial charge in [-0.3, -0.25) is 4.79 Å². The van der Waals surface area contributed by atoms with Gasteiger partial charge < -0.3 is 24.3 Å². The molecule has 182 valence electrons. The number of amides is 2. The van der Waals surface area contributed by atoms with Gasteiger partial charge in [0.05, 0.1) is 11.2 Å². The Morgan fingerprint density at radius 2 is 1.79 bits per heavy atom. The van der Waals surface area contributed by atoms with Crippen molar-refractivity contribution >= 4 is 36.3 Å². The molecule has 2 aliphatic rings. The van der Waals surface area contributed by atoms with E-state index < -0.39 is 36.1 Å². The third-order valence-electron chi connectivity index (χ3n) is 6.01. The summed E-state index contributed by atoms with van der Waals surface area (Å²) in [7, 11) is -0.493. The number of carbonyl (C=O) groups is 2. The van der Waals surface area contributed by atoms with Gasteiger partial charge in [-0.25, -0.2) is 14.8 Å². The van der Waals surface area contributed by atoms with Gasteiger partial charge in [0.2, 0.25) is 5.91 Å². The standard InChI is InChI=1S/C22H35BN4O5S/c1-14(26-19(29)30-20(2,3)4)17(28)27-10-9-16(13-27)33-18-24-11-15(12-25-18)23-31-21(5,6)22(7,8)32-23/h11-12,14,16H,9-10,13H2,1-8H3,(H,26,29)/t14-,16+/m0/s1. The number of likely N-dealkylation sites (tertiary alicyclic amines) is 1. The molecule has 0 radical (unpaired) electrons. The van der Waals surface area contributed by atoms with E-state index in [9.17, 15) is 9.59 Å². The van der Waals surface area contributed by atoms with Crippen LogP contribution in [0, 0.1) is 0 Å². The lowest BCUT2D eigenvalue weighted by atomic mass is 9.81. The fraction of sp³-hybridized carbons (Fsp3) is 0.727. The van der Waals surface area contributed by atoms with Crippen molar-refractivity contribution in [3.05, 3.63) is 12.4 Å². The zero-order valence-corrected chi connectivity index (χ0v) is 21.6. The van der Waals surface area contributed by atoms with Crippen molar-refractivity contribution in [3.8, 4) is 0 Å². The number of aromatic nitrogens is 2. The van der Waals surface area contributed by atoms with E-state index in [4.69, 9.17) is 14.0 Å². The summed E-state index contributed by atoms with van der Waals surface area (Å²) in [4.78, 5) is 35.4. The van der Waals surface area contributed by atoms with Crippen LogP contribution in [0.25, 0.3) is 0 Å². The van der Waals surface area contributed by atoms with Gasteiger partial charge in [-0.1, -0.05) is 11.8 Å². The highest BCUT2D eigenvalue weighted by molar-refractivity contribution is 7.99. The maximum Gasteiger partial charge on any atom is 0.498 e. The summed E-state index contributed by atoms with van der Waals surface area (Å²) >= 11 is 1.55. The number of carbonyl (C=O) groups excluding carboxylic acids is 2. The van der Waals surface area contributed by atoms with E-state index in [1.54, 1.807) is 56.8 Å². The molecule has 0 aliphatic carbocycles. The summed E-state index contributed by atoms with van der Waals surface area (Å²) in [6.07, 6.45) is 3.71. The van der Waals surface area contributed by atoms with Crippen molar-refractivity contribution in [1.82, 2.24) is 20.2 Å². The molecule has 0 aromatic carbocycles. The van der Waals surface area contributed by atoms with Crippen molar-refractivity contribution in [1.29, 1.82) is 0 Å². The Hall–Kier alpha value is -1.85. The average Bonchev–Trinajstić information content (AvgIpc) is 3.21. The van der Waals surface area contributed by atoms with E-state index >= 15 is 0 Å². The molecular weight excluding hydrogens is 443 g/mol. The third-order valence-corrected chi connectivity index (χ3v) is 7.15. The predicted molar refractivity (Wildman–Crippen MR) is 127 cm³/mol. The van der Waals surface area contributed by atoms with E-state index in [1.807, 2.05) is 27.7 Å². The smallest absolute Gasteiger partial charge is 0.444 e. The highest BCUT2D eigenvalue weighted by Gasteiger charge is 2.52. The Labute approximate surface area is 200 Å². The van der Waals surface area contributed by atoms with E-state index in [-0.39, 0.29) is 11.2 Å². The van der Waals surface area contributed by atoms with Gasteiger partial charge in [0.15, 0.2) is 5.16 Å². The molecule has 9 nitrogen and oxygen atoms in total. The lowest BCUT2D eigenvalue weighted by Crippen LogP contribution is -2.47. The quantitative estimate of drug-likeness (QED) is 0.509. The molecule has 0 bridgehead atoms. The van der Waals surface area contributed by atoms with Gasteiger partial charge in [0.1, 0.15) is 11.6 Å². The second-order valence-electron chi connectivity index (χ2n) is 10.6. The highest BCUT2D eigenvalue weighted by Crippen LogP contribution is 2.36. The minimum absolute atomic E-state index is 0.124. The topological polar surface area (TPSA) is 103 Å². The van der Waals surface area contributed by atoms with Crippen LogP contribution in [0.15, 0.2) is 17.6 Å². The first kappa shape index (κ1) is 25.8. The summed E-state index contributed by atoms with van der Waals surface area (Å²) in [5.41, 5.74) is -0.663. The molecule has 11 heteroatoms. The number of hydrogen-bond donors (Lipinski definition) is 1. The number of alkyl carbamates (subject to hydrolysis) is 1. The SMILES string of the molecule is C[C@H](NC(=O)OC(C)(C)C)C(=O)N1CC[C@@H](Sc2ncc(B3OC(C)(C)C(C)(C)O3)cn2)C1. The van der Waals surface area contributed by atoms with Crippen LogP contribution in [0.4, 0.5) is 4.79 Å². The molecule has 1 aromatic rings.